The number of rotatable bonds is 9. The number of aromatic nitrogens is 1. The molecule has 0 radical (unpaired) electrons. The van der Waals surface area contributed by atoms with Gasteiger partial charge in [-0.25, -0.2) is 18.1 Å². The predicted octanol–water partition coefficient (Wildman–Crippen LogP) is 2.57. The van der Waals surface area contributed by atoms with Gasteiger partial charge in [0, 0.05) is 26.3 Å². The molecule has 8 nitrogen and oxygen atoms in total. The van der Waals surface area contributed by atoms with Crippen molar-refractivity contribution in [3.05, 3.63) is 40.4 Å². The molecule has 0 aliphatic carbocycles. The van der Waals surface area contributed by atoms with Crippen LogP contribution in [0.25, 0.3) is 0 Å². The zero-order chi connectivity index (χ0) is 21.6. The van der Waals surface area contributed by atoms with Crippen LogP contribution in [0.15, 0.2) is 35.4 Å². The molecule has 1 saturated heterocycles. The van der Waals surface area contributed by atoms with Crippen molar-refractivity contribution in [1.29, 1.82) is 0 Å². The first kappa shape index (κ1) is 23.1. The number of anilines is 1. The highest BCUT2D eigenvalue weighted by Crippen LogP contribution is 2.32. The Hall–Kier alpha value is -1.56. The molecule has 1 fully saturated rings. The molecule has 2 aromatic rings. The summed E-state index contributed by atoms with van der Waals surface area (Å²) < 4.78 is 32.9. The van der Waals surface area contributed by atoms with Crippen molar-refractivity contribution in [3.8, 4) is 0 Å². The van der Waals surface area contributed by atoms with Gasteiger partial charge in [0.05, 0.1) is 17.0 Å². The molecule has 2 heterocycles. The Balaban J connectivity index is 1.80. The Labute approximate surface area is 185 Å². The van der Waals surface area contributed by atoms with E-state index in [2.05, 4.69) is 15.0 Å². The van der Waals surface area contributed by atoms with Crippen LogP contribution < -0.4 is 15.8 Å². The molecule has 11 heteroatoms. The average Bonchev–Trinajstić information content (AvgIpc) is 3.16. The summed E-state index contributed by atoms with van der Waals surface area (Å²) in [5.74, 6) is -0.280. The van der Waals surface area contributed by atoms with E-state index in [4.69, 9.17) is 22.1 Å². The second-order valence-electron chi connectivity index (χ2n) is 7.06. The normalized spacial score (nSPS) is 16.3. The van der Waals surface area contributed by atoms with Crippen molar-refractivity contribution in [2.24, 2.45) is 11.7 Å². The fourth-order valence-electron chi connectivity index (χ4n) is 3.37. The van der Waals surface area contributed by atoms with E-state index in [1.165, 1.54) is 29.7 Å². The third-order valence-electron chi connectivity index (χ3n) is 4.96. The van der Waals surface area contributed by atoms with Crippen LogP contribution in [0.3, 0.4) is 0 Å². The fraction of sp³-hybridized carbons (Fsp3) is 0.474. The van der Waals surface area contributed by atoms with Gasteiger partial charge in [-0.3, -0.25) is 4.79 Å². The molecule has 1 atom stereocenters. The maximum atomic E-state index is 13.1. The smallest absolute Gasteiger partial charge is 0.240 e. The maximum absolute atomic E-state index is 13.1. The summed E-state index contributed by atoms with van der Waals surface area (Å²) in [6.45, 7) is 1.75. The standard InChI is InChI=1S/C19H25ClN4O4S2/c20-17-12-22-19(29-17)24-18(25)16(11-13-5-9-28-10-6-13)14-1-3-15(4-2-14)30(26,27)23-8-7-21/h1-4,12-13,16,23H,5-11,21H2,(H,22,24,25). The number of hydrogen-bond acceptors (Lipinski definition) is 7. The summed E-state index contributed by atoms with van der Waals surface area (Å²) in [7, 11) is -3.63. The highest BCUT2D eigenvalue weighted by molar-refractivity contribution is 7.89. The van der Waals surface area contributed by atoms with E-state index < -0.39 is 15.9 Å². The van der Waals surface area contributed by atoms with Crippen molar-refractivity contribution in [1.82, 2.24) is 9.71 Å². The van der Waals surface area contributed by atoms with Crippen LogP contribution in [0.2, 0.25) is 4.34 Å². The van der Waals surface area contributed by atoms with Crippen molar-refractivity contribution >= 4 is 44.0 Å². The Morgan fingerprint density at radius 1 is 1.30 bits per heavy atom. The number of halogens is 1. The van der Waals surface area contributed by atoms with E-state index in [0.717, 1.165) is 18.4 Å². The minimum atomic E-state index is -3.63. The molecule has 30 heavy (non-hydrogen) atoms. The molecular weight excluding hydrogens is 448 g/mol. The van der Waals surface area contributed by atoms with Gasteiger partial charge in [0.1, 0.15) is 4.34 Å². The minimum absolute atomic E-state index is 0.136. The van der Waals surface area contributed by atoms with Crippen LogP contribution in [-0.4, -0.2) is 45.6 Å². The number of carbonyl (C=O) groups excluding carboxylic acids is 1. The number of amides is 1. The number of benzene rings is 1. The maximum Gasteiger partial charge on any atom is 0.240 e. The highest BCUT2D eigenvalue weighted by Gasteiger charge is 2.27. The average molecular weight is 473 g/mol. The van der Waals surface area contributed by atoms with Crippen molar-refractivity contribution < 1.29 is 17.9 Å². The van der Waals surface area contributed by atoms with Gasteiger partial charge in [0.25, 0.3) is 0 Å². The molecule has 0 saturated carbocycles. The van der Waals surface area contributed by atoms with Gasteiger partial charge in [0.15, 0.2) is 5.13 Å². The van der Waals surface area contributed by atoms with Crippen molar-refractivity contribution in [2.45, 2.75) is 30.1 Å². The molecule has 164 valence electrons. The van der Waals surface area contributed by atoms with Gasteiger partial charge in [-0.05, 0) is 42.9 Å². The first-order valence-electron chi connectivity index (χ1n) is 9.68. The van der Waals surface area contributed by atoms with E-state index in [1.807, 2.05) is 0 Å². The van der Waals surface area contributed by atoms with E-state index >= 15 is 0 Å². The van der Waals surface area contributed by atoms with Crippen LogP contribution in [0, 0.1) is 5.92 Å². The number of nitrogens with zero attached hydrogens (tertiary/aromatic N) is 1. The Kier molecular flexibility index (Phi) is 8.20. The van der Waals surface area contributed by atoms with Crippen molar-refractivity contribution in [2.75, 3.05) is 31.6 Å². The van der Waals surface area contributed by atoms with Gasteiger partial charge in [-0.2, -0.15) is 0 Å². The molecule has 0 bridgehead atoms. The van der Waals surface area contributed by atoms with E-state index in [1.54, 1.807) is 12.1 Å². The Bertz CT molecular complexity index is 944. The lowest BCUT2D eigenvalue weighted by molar-refractivity contribution is -0.118. The van der Waals surface area contributed by atoms with Crippen LogP contribution in [0.1, 0.15) is 30.7 Å². The molecule has 0 spiro atoms. The summed E-state index contributed by atoms with van der Waals surface area (Å²) >= 11 is 7.11. The summed E-state index contributed by atoms with van der Waals surface area (Å²) in [4.78, 5) is 17.3. The van der Waals surface area contributed by atoms with E-state index in [-0.39, 0.29) is 23.9 Å². The van der Waals surface area contributed by atoms with Gasteiger partial charge in [0.2, 0.25) is 15.9 Å². The van der Waals surface area contributed by atoms with Crippen LogP contribution in [0.4, 0.5) is 5.13 Å². The largest absolute Gasteiger partial charge is 0.381 e. The lowest BCUT2D eigenvalue weighted by atomic mass is 9.84. The summed E-state index contributed by atoms with van der Waals surface area (Å²) in [5.41, 5.74) is 6.12. The molecule has 1 amide bonds. The third kappa shape index (κ3) is 6.22. The van der Waals surface area contributed by atoms with Gasteiger partial charge >= 0.3 is 0 Å². The number of nitrogens with one attached hydrogen (secondary N) is 2. The first-order chi connectivity index (χ1) is 14.4. The lowest BCUT2D eigenvalue weighted by Crippen LogP contribution is -2.29. The zero-order valence-electron chi connectivity index (χ0n) is 16.3. The zero-order valence-corrected chi connectivity index (χ0v) is 18.7. The van der Waals surface area contributed by atoms with Crippen LogP contribution in [0.5, 0.6) is 0 Å². The quantitative estimate of drug-likeness (QED) is 0.515. The molecule has 1 aromatic heterocycles. The molecule has 1 unspecified atom stereocenters. The summed E-state index contributed by atoms with van der Waals surface area (Å²) in [6.07, 6.45) is 3.92. The van der Waals surface area contributed by atoms with Gasteiger partial charge in [-0.1, -0.05) is 35.1 Å². The second kappa shape index (κ2) is 10.7. The Morgan fingerprint density at radius 3 is 2.60 bits per heavy atom. The van der Waals surface area contributed by atoms with Crippen LogP contribution >= 0.6 is 22.9 Å². The second-order valence-corrected chi connectivity index (χ2v) is 10.5. The van der Waals surface area contributed by atoms with E-state index in [0.29, 0.717) is 35.0 Å². The Morgan fingerprint density at radius 2 is 2.00 bits per heavy atom. The first-order valence-corrected chi connectivity index (χ1v) is 12.4. The number of ether oxygens (including phenoxy) is 1. The van der Waals surface area contributed by atoms with Crippen LogP contribution in [-0.2, 0) is 19.6 Å². The number of nitrogens with two attached hydrogens (primary N) is 1. The number of hydrogen-bond donors (Lipinski definition) is 3. The lowest BCUT2D eigenvalue weighted by Gasteiger charge is -2.26. The SMILES string of the molecule is NCCNS(=O)(=O)c1ccc(C(CC2CCOCC2)C(=O)Nc2ncc(Cl)s2)cc1. The highest BCUT2D eigenvalue weighted by atomic mass is 35.5. The van der Waals surface area contributed by atoms with Crippen molar-refractivity contribution in [3.63, 3.8) is 0 Å². The number of thiazole rings is 1. The van der Waals surface area contributed by atoms with Gasteiger partial charge in [-0.15, -0.1) is 0 Å². The third-order valence-corrected chi connectivity index (χ3v) is 7.47. The topological polar surface area (TPSA) is 123 Å². The molecule has 1 aromatic carbocycles. The molecule has 1 aliphatic heterocycles. The number of sulfonamides is 1. The summed E-state index contributed by atoms with van der Waals surface area (Å²) in [5, 5.41) is 3.27. The molecule has 1 aliphatic rings. The molecular formula is C19H25ClN4O4S2. The molecule has 3 rings (SSSR count). The number of carbonyl (C=O) groups is 1. The minimum Gasteiger partial charge on any atom is -0.381 e. The monoisotopic (exact) mass is 472 g/mol. The fourth-order valence-corrected chi connectivity index (χ4v) is 5.23. The predicted molar refractivity (Wildman–Crippen MR) is 117 cm³/mol. The molecule has 4 N–H and O–H groups in total. The van der Waals surface area contributed by atoms with E-state index in [9.17, 15) is 13.2 Å². The summed E-state index contributed by atoms with van der Waals surface area (Å²) in [6, 6.07) is 6.40. The van der Waals surface area contributed by atoms with Gasteiger partial charge < -0.3 is 15.8 Å².